The fourth-order valence-electron chi connectivity index (χ4n) is 2.37. The molecule has 1 atom stereocenters. The highest BCUT2D eigenvalue weighted by Crippen LogP contribution is 2.25. The maximum Gasteiger partial charge on any atom is 0.130 e. The molecule has 2 aromatic rings. The first kappa shape index (κ1) is 14.6. The van der Waals surface area contributed by atoms with Crippen LogP contribution in [0.25, 0.3) is 0 Å². The first-order valence-electron chi connectivity index (χ1n) is 6.93. The lowest BCUT2D eigenvalue weighted by Crippen LogP contribution is -2.18. The summed E-state index contributed by atoms with van der Waals surface area (Å²) in [6.07, 6.45) is 0.821. The summed E-state index contributed by atoms with van der Waals surface area (Å²) in [6.45, 7) is 6.58. The Bertz CT molecular complexity index is 587. The molecule has 4 heteroatoms. The third-order valence-corrected chi connectivity index (χ3v) is 3.30. The molecule has 1 heterocycles. The fraction of sp³-hybridized carbons (Fsp3) is 0.438. The average Bonchev–Trinajstić information content (AvgIpc) is 2.66. The van der Waals surface area contributed by atoms with Crippen LogP contribution in [0.2, 0.25) is 0 Å². The quantitative estimate of drug-likeness (QED) is 0.910. The molecule has 108 valence electrons. The molecule has 0 spiro atoms. The van der Waals surface area contributed by atoms with Crippen LogP contribution in [0.5, 0.6) is 5.75 Å². The number of rotatable bonds is 5. The van der Waals surface area contributed by atoms with Gasteiger partial charge in [-0.2, -0.15) is 5.10 Å². The van der Waals surface area contributed by atoms with E-state index < -0.39 is 0 Å². The van der Waals surface area contributed by atoms with E-state index in [1.165, 1.54) is 5.56 Å². The van der Waals surface area contributed by atoms with Gasteiger partial charge in [-0.25, -0.2) is 0 Å². The summed E-state index contributed by atoms with van der Waals surface area (Å²) in [5, 5.41) is 4.33. The van der Waals surface area contributed by atoms with Crippen LogP contribution in [-0.4, -0.2) is 15.8 Å². The molecule has 4 nitrogen and oxygen atoms in total. The monoisotopic (exact) mass is 273 g/mol. The molecule has 0 amide bonds. The zero-order chi connectivity index (χ0) is 14.7. The molecule has 2 rings (SSSR count). The van der Waals surface area contributed by atoms with Crippen molar-refractivity contribution in [2.75, 3.05) is 0 Å². The van der Waals surface area contributed by atoms with E-state index in [2.05, 4.69) is 24.2 Å². The summed E-state index contributed by atoms with van der Waals surface area (Å²) < 4.78 is 7.89. The molecule has 0 aliphatic carbocycles. The van der Waals surface area contributed by atoms with Gasteiger partial charge in [-0.3, -0.25) is 4.68 Å². The van der Waals surface area contributed by atoms with E-state index in [-0.39, 0.29) is 6.04 Å². The Morgan fingerprint density at radius 1 is 1.35 bits per heavy atom. The summed E-state index contributed by atoms with van der Waals surface area (Å²) in [6, 6.07) is 8.37. The topological polar surface area (TPSA) is 53.1 Å². The van der Waals surface area contributed by atoms with Crippen molar-refractivity contribution in [3.8, 4) is 5.75 Å². The highest BCUT2D eigenvalue weighted by atomic mass is 16.5. The number of nitrogens with two attached hydrogens (primary N) is 1. The Morgan fingerprint density at radius 3 is 2.70 bits per heavy atom. The lowest BCUT2D eigenvalue weighted by atomic mass is 10.0. The number of aryl methyl sites for hydroxylation is 3. The maximum absolute atomic E-state index is 6.03. The van der Waals surface area contributed by atoms with Crippen LogP contribution >= 0.6 is 0 Å². The van der Waals surface area contributed by atoms with Gasteiger partial charge in [-0.1, -0.05) is 18.2 Å². The minimum absolute atomic E-state index is 0.123. The second-order valence-corrected chi connectivity index (χ2v) is 5.43. The van der Waals surface area contributed by atoms with Gasteiger partial charge in [-0.15, -0.1) is 0 Å². The van der Waals surface area contributed by atoms with Crippen LogP contribution < -0.4 is 10.5 Å². The Kier molecular flexibility index (Phi) is 4.45. The summed E-state index contributed by atoms with van der Waals surface area (Å²) in [5.74, 6) is 0.948. The van der Waals surface area contributed by atoms with Gasteiger partial charge >= 0.3 is 0 Å². The number of para-hydroxylation sites is 1. The Morgan fingerprint density at radius 2 is 2.10 bits per heavy atom. The molecule has 1 aromatic heterocycles. The summed E-state index contributed by atoms with van der Waals surface area (Å²) >= 11 is 0. The van der Waals surface area contributed by atoms with Crippen molar-refractivity contribution in [1.82, 2.24) is 9.78 Å². The Balaban J connectivity index is 2.18. The van der Waals surface area contributed by atoms with E-state index in [1.807, 2.05) is 37.7 Å². The SMILES string of the molecule is Cc1cc(COc2c(C)cccc2CC(C)N)n(C)n1. The van der Waals surface area contributed by atoms with Gasteiger partial charge in [0.05, 0.1) is 11.4 Å². The van der Waals surface area contributed by atoms with Gasteiger partial charge in [0.25, 0.3) is 0 Å². The summed E-state index contributed by atoms with van der Waals surface area (Å²) in [7, 11) is 1.94. The smallest absolute Gasteiger partial charge is 0.130 e. The van der Waals surface area contributed by atoms with Crippen LogP contribution in [0.4, 0.5) is 0 Å². The lowest BCUT2D eigenvalue weighted by Gasteiger charge is -2.15. The van der Waals surface area contributed by atoms with Crippen molar-refractivity contribution in [2.45, 2.75) is 39.8 Å². The zero-order valence-electron chi connectivity index (χ0n) is 12.7. The molecule has 0 radical (unpaired) electrons. The van der Waals surface area contributed by atoms with Crippen molar-refractivity contribution in [3.63, 3.8) is 0 Å². The molecular formula is C16H23N3O. The molecule has 0 saturated carbocycles. The molecule has 1 unspecified atom stereocenters. The standard InChI is InChI=1S/C16H23N3O/c1-11-6-5-7-14(8-12(2)17)16(11)20-10-15-9-13(3)18-19(15)4/h5-7,9,12H,8,10,17H2,1-4H3. The summed E-state index contributed by atoms with van der Waals surface area (Å²) in [4.78, 5) is 0. The first-order valence-corrected chi connectivity index (χ1v) is 6.93. The normalized spacial score (nSPS) is 12.4. The number of ether oxygens (including phenoxy) is 1. The van der Waals surface area contributed by atoms with Gasteiger partial charge < -0.3 is 10.5 Å². The van der Waals surface area contributed by atoms with Gasteiger partial charge in [0.2, 0.25) is 0 Å². The number of benzene rings is 1. The van der Waals surface area contributed by atoms with Gasteiger partial charge in [0, 0.05) is 13.1 Å². The van der Waals surface area contributed by atoms with E-state index in [9.17, 15) is 0 Å². The van der Waals surface area contributed by atoms with Crippen molar-refractivity contribution >= 4 is 0 Å². The minimum atomic E-state index is 0.123. The summed E-state index contributed by atoms with van der Waals surface area (Å²) in [5.41, 5.74) is 10.3. The van der Waals surface area contributed by atoms with Gasteiger partial charge in [0.1, 0.15) is 12.4 Å². The van der Waals surface area contributed by atoms with Crippen molar-refractivity contribution in [3.05, 3.63) is 46.8 Å². The average molecular weight is 273 g/mol. The Hall–Kier alpha value is -1.81. The molecule has 0 aliphatic rings. The largest absolute Gasteiger partial charge is 0.487 e. The van der Waals surface area contributed by atoms with Gasteiger partial charge in [0.15, 0.2) is 0 Å². The van der Waals surface area contributed by atoms with Gasteiger partial charge in [-0.05, 0) is 44.4 Å². The third-order valence-electron chi connectivity index (χ3n) is 3.30. The maximum atomic E-state index is 6.03. The third kappa shape index (κ3) is 3.39. The van der Waals surface area contributed by atoms with Crippen LogP contribution in [0.1, 0.15) is 29.4 Å². The number of hydrogen-bond acceptors (Lipinski definition) is 3. The number of nitrogens with zero attached hydrogens (tertiary/aromatic N) is 2. The highest BCUT2D eigenvalue weighted by Gasteiger charge is 2.10. The van der Waals surface area contributed by atoms with E-state index in [1.54, 1.807) is 0 Å². The number of hydrogen-bond donors (Lipinski definition) is 1. The second-order valence-electron chi connectivity index (χ2n) is 5.43. The molecule has 0 saturated heterocycles. The van der Waals surface area contributed by atoms with E-state index >= 15 is 0 Å². The molecule has 20 heavy (non-hydrogen) atoms. The lowest BCUT2D eigenvalue weighted by molar-refractivity contribution is 0.289. The minimum Gasteiger partial charge on any atom is -0.487 e. The van der Waals surface area contributed by atoms with Crippen molar-refractivity contribution in [1.29, 1.82) is 0 Å². The van der Waals surface area contributed by atoms with Crippen LogP contribution in [0, 0.1) is 13.8 Å². The van der Waals surface area contributed by atoms with Crippen molar-refractivity contribution in [2.24, 2.45) is 12.8 Å². The molecule has 1 aromatic carbocycles. The first-order chi connectivity index (χ1) is 9.47. The second kappa shape index (κ2) is 6.09. The Labute approximate surface area is 120 Å². The van der Waals surface area contributed by atoms with Crippen molar-refractivity contribution < 1.29 is 4.74 Å². The zero-order valence-corrected chi connectivity index (χ0v) is 12.7. The number of aromatic nitrogens is 2. The molecule has 0 fully saturated rings. The van der Waals surface area contributed by atoms with E-state index in [4.69, 9.17) is 10.5 Å². The predicted molar refractivity (Wildman–Crippen MR) is 80.8 cm³/mol. The van der Waals surface area contributed by atoms with E-state index in [0.717, 1.165) is 29.1 Å². The predicted octanol–water partition coefficient (Wildman–Crippen LogP) is 2.51. The molecule has 2 N–H and O–H groups in total. The molecular weight excluding hydrogens is 250 g/mol. The highest BCUT2D eigenvalue weighted by molar-refractivity contribution is 5.41. The van der Waals surface area contributed by atoms with Crippen LogP contribution in [0.15, 0.2) is 24.3 Å². The van der Waals surface area contributed by atoms with Crippen LogP contribution in [-0.2, 0) is 20.1 Å². The van der Waals surface area contributed by atoms with E-state index in [0.29, 0.717) is 6.61 Å². The fourth-order valence-corrected chi connectivity index (χ4v) is 2.37. The molecule has 0 aliphatic heterocycles. The molecule has 0 bridgehead atoms. The van der Waals surface area contributed by atoms with Crippen LogP contribution in [0.3, 0.4) is 0 Å².